The molecule has 1 aliphatic rings. The summed E-state index contributed by atoms with van der Waals surface area (Å²) in [5, 5.41) is 17.9. The van der Waals surface area contributed by atoms with Crippen molar-refractivity contribution in [2.24, 2.45) is 5.92 Å². The highest BCUT2D eigenvalue weighted by molar-refractivity contribution is 5.76. The van der Waals surface area contributed by atoms with Crippen LogP contribution < -0.4 is 0 Å². The molecule has 0 fully saturated rings. The highest BCUT2D eigenvalue weighted by atomic mass is 16.5. The lowest BCUT2D eigenvalue weighted by atomic mass is 10.0. The molecule has 1 aromatic heterocycles. The number of aromatic nitrogens is 3. The van der Waals surface area contributed by atoms with E-state index < -0.39 is 0 Å². The topological polar surface area (TPSA) is 83.7 Å². The van der Waals surface area contributed by atoms with Crippen LogP contribution in [-0.4, -0.2) is 81.2 Å². The zero-order valence-corrected chi connectivity index (χ0v) is 17.2. The molecule has 8 heteroatoms. The van der Waals surface area contributed by atoms with Gasteiger partial charge in [-0.15, -0.1) is 5.10 Å². The van der Waals surface area contributed by atoms with Crippen LogP contribution in [0.3, 0.4) is 0 Å². The third kappa shape index (κ3) is 6.55. The summed E-state index contributed by atoms with van der Waals surface area (Å²) in [7, 11) is 2.09. The average molecular weight is 382 g/mol. The van der Waals surface area contributed by atoms with E-state index in [-0.39, 0.29) is 30.6 Å². The van der Waals surface area contributed by atoms with E-state index in [1.807, 2.05) is 18.0 Å². The van der Waals surface area contributed by atoms with Crippen molar-refractivity contribution < 1.29 is 14.6 Å². The van der Waals surface area contributed by atoms with Crippen LogP contribution in [0, 0.1) is 5.92 Å². The summed E-state index contributed by atoms with van der Waals surface area (Å²) in [6.45, 7) is 9.57. The quantitative estimate of drug-likeness (QED) is 0.796. The number of aliphatic hydroxyl groups excluding tert-OH is 1. The number of fused-ring (bicyclic) bond motifs is 2. The van der Waals surface area contributed by atoms with E-state index in [1.54, 1.807) is 4.68 Å². The Kier molecular flexibility index (Phi) is 8.66. The number of aryl methyl sites for hydroxylation is 1. The van der Waals surface area contributed by atoms with Crippen LogP contribution >= 0.6 is 0 Å². The van der Waals surface area contributed by atoms with Crippen LogP contribution in [-0.2, 0) is 22.7 Å². The van der Waals surface area contributed by atoms with Gasteiger partial charge in [-0.05, 0) is 33.4 Å². The van der Waals surface area contributed by atoms with Gasteiger partial charge in [-0.25, -0.2) is 0 Å². The highest BCUT2D eigenvalue weighted by Crippen LogP contribution is 2.17. The predicted molar refractivity (Wildman–Crippen MR) is 103 cm³/mol. The molecule has 2 heterocycles. The van der Waals surface area contributed by atoms with Crippen molar-refractivity contribution in [3.05, 3.63) is 11.9 Å². The van der Waals surface area contributed by atoms with E-state index in [9.17, 15) is 9.90 Å². The first kappa shape index (κ1) is 21.8. The summed E-state index contributed by atoms with van der Waals surface area (Å²) in [6, 6.07) is -0.198. The first-order valence-corrected chi connectivity index (χ1v) is 10.0. The van der Waals surface area contributed by atoms with Gasteiger partial charge in [0.1, 0.15) is 5.69 Å². The molecule has 2 bridgehead atoms. The van der Waals surface area contributed by atoms with Gasteiger partial charge >= 0.3 is 0 Å². The molecule has 0 saturated heterocycles. The Labute approximate surface area is 162 Å². The van der Waals surface area contributed by atoms with Gasteiger partial charge in [-0.2, -0.15) is 0 Å². The third-order valence-electron chi connectivity index (χ3n) is 5.14. The van der Waals surface area contributed by atoms with Crippen LogP contribution in [0.1, 0.15) is 45.7 Å². The molecular formula is C19H35N5O3. The summed E-state index contributed by atoms with van der Waals surface area (Å²) < 4.78 is 7.99. The molecule has 0 aliphatic carbocycles. The fourth-order valence-corrected chi connectivity index (χ4v) is 3.47. The number of nitrogens with zero attached hydrogens (tertiary/aromatic N) is 5. The lowest BCUT2D eigenvalue weighted by Gasteiger charge is -2.35. The van der Waals surface area contributed by atoms with Gasteiger partial charge in [0.25, 0.3) is 0 Å². The molecule has 0 unspecified atom stereocenters. The van der Waals surface area contributed by atoms with Crippen molar-refractivity contribution in [2.45, 2.75) is 65.3 Å². The summed E-state index contributed by atoms with van der Waals surface area (Å²) in [4.78, 5) is 16.8. The predicted octanol–water partition coefficient (Wildman–Crippen LogP) is 1.14. The molecule has 1 aliphatic heterocycles. The normalized spacial score (nSPS) is 23.6. The zero-order valence-electron chi connectivity index (χ0n) is 17.2. The Balaban J connectivity index is 2.19. The molecule has 0 radical (unpaired) electrons. The molecular weight excluding hydrogens is 346 g/mol. The molecule has 3 atom stereocenters. The molecule has 2 rings (SSSR count). The monoisotopic (exact) mass is 381 g/mol. The van der Waals surface area contributed by atoms with Gasteiger partial charge in [0.05, 0.1) is 31.6 Å². The standard InChI is InChI=1S/C19H35N5O3/c1-5-8-22(4)12-18-15(2)10-24(16(3)13-25)19(26)7-6-9-23-11-17(14-27-18)20-21-23/h11,15-16,18,25H,5-10,12-14H2,1-4H3/t15-,16+,18-/m0/s1. The van der Waals surface area contributed by atoms with Crippen LogP contribution in [0.15, 0.2) is 6.20 Å². The number of carbonyl (C=O) groups is 1. The number of likely N-dealkylation sites (N-methyl/N-ethyl adjacent to an activating group) is 1. The molecule has 0 saturated carbocycles. The van der Waals surface area contributed by atoms with E-state index in [2.05, 4.69) is 36.1 Å². The largest absolute Gasteiger partial charge is 0.394 e. The molecule has 8 nitrogen and oxygen atoms in total. The summed E-state index contributed by atoms with van der Waals surface area (Å²) >= 11 is 0. The van der Waals surface area contributed by atoms with Gasteiger partial charge < -0.3 is 19.6 Å². The maximum atomic E-state index is 12.8. The summed E-state index contributed by atoms with van der Waals surface area (Å²) in [5.74, 6) is 0.210. The number of carbonyl (C=O) groups excluding carboxylic acids is 1. The second kappa shape index (κ2) is 10.7. The van der Waals surface area contributed by atoms with E-state index in [0.29, 0.717) is 32.5 Å². The Hall–Kier alpha value is -1.51. The summed E-state index contributed by atoms with van der Waals surface area (Å²) in [5.41, 5.74) is 0.816. The first-order valence-electron chi connectivity index (χ1n) is 10.0. The Morgan fingerprint density at radius 2 is 2.26 bits per heavy atom. The molecule has 1 N–H and O–H groups in total. The zero-order chi connectivity index (χ0) is 19.8. The van der Waals surface area contributed by atoms with Crippen LogP contribution in [0.25, 0.3) is 0 Å². The Morgan fingerprint density at radius 3 is 2.96 bits per heavy atom. The molecule has 154 valence electrons. The van der Waals surface area contributed by atoms with Gasteiger partial charge in [0, 0.05) is 32.0 Å². The van der Waals surface area contributed by atoms with Gasteiger partial charge in [-0.3, -0.25) is 9.48 Å². The Bertz CT molecular complexity index is 579. The van der Waals surface area contributed by atoms with E-state index in [1.165, 1.54) is 0 Å². The van der Waals surface area contributed by atoms with E-state index >= 15 is 0 Å². The van der Waals surface area contributed by atoms with Crippen molar-refractivity contribution in [1.82, 2.24) is 24.8 Å². The fourth-order valence-electron chi connectivity index (χ4n) is 3.47. The maximum Gasteiger partial charge on any atom is 0.222 e. The van der Waals surface area contributed by atoms with Crippen LogP contribution in [0.4, 0.5) is 0 Å². The number of rotatable bonds is 6. The smallest absolute Gasteiger partial charge is 0.222 e. The van der Waals surface area contributed by atoms with Crippen molar-refractivity contribution in [1.29, 1.82) is 0 Å². The number of amides is 1. The molecule has 0 spiro atoms. The lowest BCUT2D eigenvalue weighted by Crippen LogP contribution is -2.47. The van der Waals surface area contributed by atoms with Crippen molar-refractivity contribution >= 4 is 5.91 Å². The molecule has 1 amide bonds. The van der Waals surface area contributed by atoms with E-state index in [4.69, 9.17) is 4.74 Å². The molecule has 27 heavy (non-hydrogen) atoms. The SMILES string of the molecule is CCCN(C)C[C@@H]1OCc2cn(nn2)CCCC(=O)N([C@H](C)CO)C[C@@H]1C. The van der Waals surface area contributed by atoms with E-state index in [0.717, 1.165) is 25.2 Å². The molecule has 1 aromatic rings. The minimum atomic E-state index is -0.198. The second-order valence-corrected chi connectivity index (χ2v) is 7.74. The number of hydrogen-bond acceptors (Lipinski definition) is 6. The van der Waals surface area contributed by atoms with Crippen molar-refractivity contribution in [3.63, 3.8) is 0 Å². The van der Waals surface area contributed by atoms with Crippen molar-refractivity contribution in [3.8, 4) is 0 Å². The number of ether oxygens (including phenoxy) is 1. The summed E-state index contributed by atoms with van der Waals surface area (Å²) in [6.07, 6.45) is 4.09. The number of hydrogen-bond donors (Lipinski definition) is 1. The van der Waals surface area contributed by atoms with Gasteiger partial charge in [0.2, 0.25) is 5.91 Å². The van der Waals surface area contributed by atoms with Gasteiger partial charge in [0.15, 0.2) is 0 Å². The van der Waals surface area contributed by atoms with Crippen LogP contribution in [0.5, 0.6) is 0 Å². The Morgan fingerprint density at radius 1 is 1.48 bits per heavy atom. The van der Waals surface area contributed by atoms with Crippen LogP contribution in [0.2, 0.25) is 0 Å². The minimum absolute atomic E-state index is 0.0337. The highest BCUT2D eigenvalue weighted by Gasteiger charge is 2.27. The number of aliphatic hydroxyl groups is 1. The third-order valence-corrected chi connectivity index (χ3v) is 5.14. The maximum absolute atomic E-state index is 12.8. The fraction of sp³-hybridized carbons (Fsp3) is 0.842. The second-order valence-electron chi connectivity index (χ2n) is 7.74. The minimum Gasteiger partial charge on any atom is -0.394 e. The first-order chi connectivity index (χ1) is 12.9. The van der Waals surface area contributed by atoms with Crippen molar-refractivity contribution in [2.75, 3.05) is 33.3 Å². The average Bonchev–Trinajstić information content (AvgIpc) is 3.09. The van der Waals surface area contributed by atoms with Gasteiger partial charge in [-0.1, -0.05) is 19.1 Å². The lowest BCUT2D eigenvalue weighted by molar-refractivity contribution is -0.136. The molecule has 0 aromatic carbocycles.